The van der Waals surface area contributed by atoms with Crippen LogP contribution in [0.2, 0.25) is 0 Å². The minimum atomic E-state index is -4.93. The molecular weight excluding hydrogens is 1290 g/mol. The molecule has 0 aliphatic rings. The SMILES string of the molecule is CC/C=C\C/C=C\C/C=C\C/C=C\C/C=C\CCCCCCCCCCCCCCCC(=O)OCC(O)COP(=O)(O)OCC(O)COP(=O)(O)OCC(COC(=O)CCCCCCCCC/C=C\C/C=C\C/C=C\C/C=C\C/C=C\CC)OC(=O)CCCCCCC/C=C\CCCC. The molecule has 0 saturated heterocycles. The molecule has 0 aromatic heterocycles. The molecular formula is C81H138O16P2. The number of esters is 3. The van der Waals surface area contributed by atoms with E-state index in [1.165, 1.54) is 70.6 Å². The summed E-state index contributed by atoms with van der Waals surface area (Å²) >= 11 is 0. The second-order valence-electron chi connectivity index (χ2n) is 25.4. The number of allylic oxidation sites excluding steroid dienone is 22. The van der Waals surface area contributed by atoms with E-state index in [9.17, 15) is 43.5 Å². The smallest absolute Gasteiger partial charge is 0.463 e. The monoisotopic (exact) mass is 1430 g/mol. The number of carbonyl (C=O) groups is 3. The first-order valence-electron chi connectivity index (χ1n) is 38.5. The van der Waals surface area contributed by atoms with Crippen molar-refractivity contribution in [3.63, 3.8) is 0 Å². The molecule has 5 atom stereocenters. The molecule has 16 nitrogen and oxygen atoms in total. The van der Waals surface area contributed by atoms with Gasteiger partial charge in [0.2, 0.25) is 0 Å². The maximum atomic E-state index is 12.9. The summed E-state index contributed by atoms with van der Waals surface area (Å²) in [5.74, 6) is -1.60. The van der Waals surface area contributed by atoms with E-state index >= 15 is 0 Å². The number of carbonyl (C=O) groups excluding carboxylic acids is 3. The zero-order chi connectivity index (χ0) is 72.3. The molecule has 18 heteroatoms. The van der Waals surface area contributed by atoms with Crippen LogP contribution in [0.4, 0.5) is 0 Å². The summed E-state index contributed by atoms with van der Waals surface area (Å²) in [6, 6.07) is 0. The van der Waals surface area contributed by atoms with Gasteiger partial charge in [0.25, 0.3) is 0 Å². The second-order valence-corrected chi connectivity index (χ2v) is 28.3. The van der Waals surface area contributed by atoms with Gasteiger partial charge in [0.1, 0.15) is 25.4 Å². The van der Waals surface area contributed by atoms with Crippen LogP contribution in [-0.4, -0.2) is 95.9 Å². The molecule has 568 valence electrons. The van der Waals surface area contributed by atoms with Crippen LogP contribution in [0, 0.1) is 0 Å². The van der Waals surface area contributed by atoms with Gasteiger partial charge in [-0.1, -0.05) is 289 Å². The van der Waals surface area contributed by atoms with Gasteiger partial charge in [0, 0.05) is 19.3 Å². The minimum absolute atomic E-state index is 0.0891. The van der Waals surface area contributed by atoms with Crippen LogP contribution >= 0.6 is 15.6 Å². The third-order valence-corrected chi connectivity index (χ3v) is 17.7. The number of ether oxygens (including phenoxy) is 3. The fourth-order valence-electron chi connectivity index (χ4n) is 10.0. The molecule has 5 unspecified atom stereocenters. The molecule has 99 heavy (non-hydrogen) atoms. The zero-order valence-corrected chi connectivity index (χ0v) is 63.7. The highest BCUT2D eigenvalue weighted by Gasteiger charge is 2.29. The molecule has 4 N–H and O–H groups in total. The summed E-state index contributed by atoms with van der Waals surface area (Å²) in [7, 11) is -9.79. The second kappa shape index (κ2) is 73.4. The number of hydrogen-bond donors (Lipinski definition) is 4. The fraction of sp³-hybridized carbons (Fsp3) is 0.691. The average molecular weight is 1430 g/mol. The van der Waals surface area contributed by atoms with E-state index in [4.69, 9.17) is 32.3 Å². The van der Waals surface area contributed by atoms with E-state index in [0.29, 0.717) is 19.3 Å². The van der Waals surface area contributed by atoms with Crippen LogP contribution in [0.5, 0.6) is 0 Å². The van der Waals surface area contributed by atoms with E-state index < -0.39 is 91.5 Å². The highest BCUT2D eigenvalue weighted by Crippen LogP contribution is 2.45. The van der Waals surface area contributed by atoms with Gasteiger partial charge in [0.05, 0.1) is 26.4 Å². The molecule has 0 amide bonds. The Kier molecular flexibility index (Phi) is 70.2. The van der Waals surface area contributed by atoms with E-state index in [2.05, 4.69) is 154 Å². The van der Waals surface area contributed by atoms with E-state index in [-0.39, 0.29) is 19.3 Å². The van der Waals surface area contributed by atoms with Gasteiger partial charge in [-0.3, -0.25) is 32.5 Å². The molecule has 0 aliphatic carbocycles. The Morgan fingerprint density at radius 3 is 0.859 bits per heavy atom. The van der Waals surface area contributed by atoms with Gasteiger partial charge in [-0.15, -0.1) is 0 Å². The lowest BCUT2D eigenvalue weighted by Crippen LogP contribution is -2.30. The molecule has 0 bridgehead atoms. The normalized spacial score (nSPS) is 14.8. The van der Waals surface area contributed by atoms with Crippen molar-refractivity contribution in [1.29, 1.82) is 0 Å². The first-order valence-corrected chi connectivity index (χ1v) is 41.5. The van der Waals surface area contributed by atoms with Crippen molar-refractivity contribution in [3.05, 3.63) is 134 Å². The van der Waals surface area contributed by atoms with E-state index in [1.807, 2.05) is 0 Å². The highest BCUT2D eigenvalue weighted by atomic mass is 31.2. The predicted molar refractivity (Wildman–Crippen MR) is 408 cm³/mol. The van der Waals surface area contributed by atoms with Crippen LogP contribution in [0.25, 0.3) is 0 Å². The van der Waals surface area contributed by atoms with Crippen LogP contribution in [0.3, 0.4) is 0 Å². The standard InChI is InChI=1S/C81H138O16P2/c1-4-7-10-13-16-19-22-24-26-28-30-32-34-35-36-37-38-39-41-43-44-46-48-50-53-55-58-61-64-67-79(84)91-70-76(82)71-93-98(87,88)94-72-77(83)73-95-99(89,90)96-75-78(97-81(86)69-66-63-60-57-52-21-18-15-12-9-6-3)74-92-80(85)68-65-62-59-56-54-51-49-47-45-42-40-33-31-29-27-25-23-20-17-14-11-8-5-2/h7-8,10-11,15-20,24-27,30-33,35-36,42,45,76-78,82-83H,4-6,9,12-14,21-23,28-29,34,37-41,43-44,46-75H2,1-3H3,(H,87,88)(H,89,90)/b10-7-,11-8-,18-15-,19-16-,20-17-,26-24-,27-25-,32-30-,33-31-,36-35-,45-42-. The molecule has 0 aromatic carbocycles. The van der Waals surface area contributed by atoms with Crippen molar-refractivity contribution in [2.45, 2.75) is 322 Å². The molecule has 0 saturated carbocycles. The maximum Gasteiger partial charge on any atom is 0.472 e. The van der Waals surface area contributed by atoms with Gasteiger partial charge in [0.15, 0.2) is 6.10 Å². The van der Waals surface area contributed by atoms with Crippen molar-refractivity contribution in [2.24, 2.45) is 0 Å². The Bertz CT molecular complexity index is 2330. The molecule has 0 aliphatic heterocycles. The molecule has 0 radical (unpaired) electrons. The third-order valence-electron chi connectivity index (χ3n) is 15.8. The Labute approximate surface area is 601 Å². The molecule has 0 heterocycles. The summed E-state index contributed by atoms with van der Waals surface area (Å²) < 4.78 is 61.0. The number of phosphoric ester groups is 2. The summed E-state index contributed by atoms with van der Waals surface area (Å²) in [6.45, 7) is 2.39. The predicted octanol–water partition coefficient (Wildman–Crippen LogP) is 22.3. The molecule has 0 fully saturated rings. The summed E-state index contributed by atoms with van der Waals surface area (Å²) in [5.41, 5.74) is 0. The summed E-state index contributed by atoms with van der Waals surface area (Å²) in [4.78, 5) is 58.5. The number of aliphatic hydroxyl groups excluding tert-OH is 2. The van der Waals surface area contributed by atoms with E-state index in [1.54, 1.807) is 0 Å². The fourth-order valence-corrected chi connectivity index (χ4v) is 11.6. The van der Waals surface area contributed by atoms with Crippen molar-refractivity contribution in [3.8, 4) is 0 Å². The number of unbranched alkanes of at least 4 members (excludes halogenated alkanes) is 27. The Morgan fingerprint density at radius 1 is 0.293 bits per heavy atom. The van der Waals surface area contributed by atoms with Crippen LogP contribution < -0.4 is 0 Å². The lowest BCUT2D eigenvalue weighted by atomic mass is 10.0. The number of aliphatic hydroxyl groups is 2. The Morgan fingerprint density at radius 2 is 0.535 bits per heavy atom. The molecule has 0 rings (SSSR count). The zero-order valence-electron chi connectivity index (χ0n) is 61.9. The van der Waals surface area contributed by atoms with Crippen molar-refractivity contribution < 1.29 is 75.8 Å². The number of rotatable bonds is 72. The largest absolute Gasteiger partial charge is 0.472 e. The topological polar surface area (TPSA) is 231 Å². The van der Waals surface area contributed by atoms with Gasteiger partial charge in [-0.25, -0.2) is 9.13 Å². The summed E-state index contributed by atoms with van der Waals surface area (Å²) in [5, 5.41) is 20.6. The lowest BCUT2D eigenvalue weighted by Gasteiger charge is -2.21. The van der Waals surface area contributed by atoms with Gasteiger partial charge >= 0.3 is 33.6 Å². The minimum Gasteiger partial charge on any atom is -0.463 e. The van der Waals surface area contributed by atoms with Gasteiger partial charge in [-0.2, -0.15) is 0 Å². The summed E-state index contributed by atoms with van der Waals surface area (Å²) in [6.07, 6.45) is 88.0. The van der Waals surface area contributed by atoms with Crippen molar-refractivity contribution in [2.75, 3.05) is 39.6 Å². The van der Waals surface area contributed by atoms with Crippen LogP contribution in [0.1, 0.15) is 303 Å². The first kappa shape index (κ1) is 94.7. The third kappa shape index (κ3) is 74.7. The quantitative estimate of drug-likeness (QED) is 0.0146. The highest BCUT2D eigenvalue weighted by molar-refractivity contribution is 7.47. The first-order chi connectivity index (χ1) is 48.2. The average Bonchev–Trinajstić information content (AvgIpc) is 1.26. The molecule has 0 spiro atoms. The maximum absolute atomic E-state index is 12.9. The van der Waals surface area contributed by atoms with Gasteiger partial charge < -0.3 is 34.2 Å². The Hall–Kier alpha value is -4.31. The van der Waals surface area contributed by atoms with Crippen molar-refractivity contribution >= 4 is 33.6 Å². The van der Waals surface area contributed by atoms with Crippen LogP contribution in [0.15, 0.2) is 134 Å². The van der Waals surface area contributed by atoms with E-state index in [0.717, 1.165) is 173 Å². The van der Waals surface area contributed by atoms with Crippen LogP contribution in [-0.2, 0) is 55.8 Å². The lowest BCUT2D eigenvalue weighted by molar-refractivity contribution is -0.161. The number of phosphoric acid groups is 2. The Balaban J connectivity index is 4.46. The van der Waals surface area contributed by atoms with Gasteiger partial charge in [-0.05, 0) is 128 Å². The van der Waals surface area contributed by atoms with Crippen molar-refractivity contribution in [1.82, 2.24) is 0 Å². The number of hydrogen-bond acceptors (Lipinski definition) is 14. The molecule has 0 aromatic rings.